The lowest BCUT2D eigenvalue weighted by atomic mass is 10.0. The molecule has 1 heterocycles. The zero-order chi connectivity index (χ0) is 20.2. The van der Waals surface area contributed by atoms with Gasteiger partial charge in [0.1, 0.15) is 0 Å². The lowest BCUT2D eigenvalue weighted by Crippen LogP contribution is -2.39. The number of nitrogens with one attached hydrogen (secondary N) is 2. The number of aromatic nitrogens is 2. The van der Waals surface area contributed by atoms with E-state index in [2.05, 4.69) is 10.3 Å². The van der Waals surface area contributed by atoms with Crippen LogP contribution >= 0.6 is 0 Å². The van der Waals surface area contributed by atoms with E-state index in [0.29, 0.717) is 16.6 Å². The van der Waals surface area contributed by atoms with E-state index in [1.807, 2.05) is 48.5 Å². The highest BCUT2D eigenvalue weighted by atomic mass is 16.2. The largest absolute Gasteiger partial charge is 0.350 e. The fourth-order valence-electron chi connectivity index (χ4n) is 3.30. The second-order valence-corrected chi connectivity index (χ2v) is 6.63. The summed E-state index contributed by atoms with van der Waals surface area (Å²) in [7, 11) is 0. The first kappa shape index (κ1) is 18.4. The molecular weight excluding hydrogens is 366 g/mol. The Morgan fingerprint density at radius 3 is 2.41 bits per heavy atom. The third-order valence-corrected chi connectivity index (χ3v) is 4.74. The highest BCUT2D eigenvalue weighted by Gasteiger charge is 2.09. The molecule has 0 unspecified atom stereocenters. The van der Waals surface area contributed by atoms with E-state index in [9.17, 15) is 14.4 Å². The Labute approximate surface area is 166 Å². The predicted octanol–water partition coefficient (Wildman–Crippen LogP) is 2.79. The first-order valence-electron chi connectivity index (χ1n) is 9.29. The van der Waals surface area contributed by atoms with Crippen LogP contribution in [0.5, 0.6) is 0 Å². The van der Waals surface area contributed by atoms with Crippen molar-refractivity contribution < 1.29 is 4.79 Å². The quantitative estimate of drug-likeness (QED) is 0.518. The van der Waals surface area contributed by atoms with Gasteiger partial charge in [0.2, 0.25) is 0 Å². The number of carbonyl (C=O) groups excluding carboxylic acids is 1. The number of para-hydroxylation sites is 2. The highest BCUT2D eigenvalue weighted by Crippen LogP contribution is 2.19. The fourth-order valence-corrected chi connectivity index (χ4v) is 3.30. The van der Waals surface area contributed by atoms with Gasteiger partial charge in [-0.05, 0) is 35.4 Å². The molecule has 0 saturated heterocycles. The SMILES string of the molecule is O=C(NCCn1c(=O)c(=O)[nH]c2ccccc21)c1cccc(-c2ccccc2)c1. The van der Waals surface area contributed by atoms with Crippen LogP contribution < -0.4 is 16.4 Å². The predicted molar refractivity (Wildman–Crippen MR) is 113 cm³/mol. The van der Waals surface area contributed by atoms with Crippen LogP contribution in [0.2, 0.25) is 0 Å². The second kappa shape index (κ2) is 7.98. The van der Waals surface area contributed by atoms with Gasteiger partial charge in [0.25, 0.3) is 5.91 Å². The maximum atomic E-state index is 12.6. The third kappa shape index (κ3) is 3.87. The van der Waals surface area contributed by atoms with Crippen molar-refractivity contribution in [1.82, 2.24) is 14.9 Å². The Balaban J connectivity index is 1.51. The van der Waals surface area contributed by atoms with Gasteiger partial charge < -0.3 is 14.9 Å². The number of rotatable bonds is 5. The number of H-pyrrole nitrogens is 1. The van der Waals surface area contributed by atoms with E-state index in [4.69, 9.17) is 0 Å². The Morgan fingerprint density at radius 1 is 0.862 bits per heavy atom. The van der Waals surface area contributed by atoms with E-state index in [1.165, 1.54) is 4.57 Å². The maximum Gasteiger partial charge on any atom is 0.316 e. The molecule has 4 rings (SSSR count). The van der Waals surface area contributed by atoms with Crippen molar-refractivity contribution in [2.45, 2.75) is 6.54 Å². The molecule has 0 aliphatic heterocycles. The van der Waals surface area contributed by atoms with E-state index < -0.39 is 11.1 Å². The number of aromatic amines is 1. The number of amides is 1. The Kier molecular flexibility index (Phi) is 5.07. The first-order valence-corrected chi connectivity index (χ1v) is 9.29. The van der Waals surface area contributed by atoms with Gasteiger partial charge in [-0.15, -0.1) is 0 Å². The topological polar surface area (TPSA) is 84.0 Å². The molecule has 0 saturated carbocycles. The number of fused-ring (bicyclic) bond motifs is 1. The third-order valence-electron chi connectivity index (χ3n) is 4.74. The number of carbonyl (C=O) groups is 1. The molecular formula is C23H19N3O3. The van der Waals surface area contributed by atoms with E-state index >= 15 is 0 Å². The standard InChI is InChI=1S/C23H19N3O3/c27-21(18-10-6-9-17(15-18)16-7-2-1-3-8-16)24-13-14-26-20-12-5-4-11-19(20)25-22(28)23(26)29/h1-12,15H,13-14H2,(H,24,27)(H,25,28). The van der Waals surface area contributed by atoms with Gasteiger partial charge in [0.15, 0.2) is 0 Å². The summed E-state index contributed by atoms with van der Waals surface area (Å²) in [4.78, 5) is 39.2. The number of hydrogen-bond acceptors (Lipinski definition) is 3. The van der Waals surface area contributed by atoms with Crippen molar-refractivity contribution in [3.05, 3.63) is 105 Å². The van der Waals surface area contributed by atoms with Gasteiger partial charge in [-0.3, -0.25) is 14.4 Å². The zero-order valence-electron chi connectivity index (χ0n) is 15.6. The van der Waals surface area contributed by atoms with Crippen molar-refractivity contribution in [3.8, 4) is 11.1 Å². The minimum atomic E-state index is -0.675. The number of hydrogen-bond donors (Lipinski definition) is 2. The van der Waals surface area contributed by atoms with Crippen molar-refractivity contribution >= 4 is 16.9 Å². The van der Waals surface area contributed by atoms with Gasteiger partial charge in [0, 0.05) is 18.7 Å². The molecule has 0 radical (unpaired) electrons. The first-order chi connectivity index (χ1) is 14.1. The molecule has 0 aliphatic rings. The van der Waals surface area contributed by atoms with Crippen LogP contribution in [0.4, 0.5) is 0 Å². The lowest BCUT2D eigenvalue weighted by Gasteiger charge is -2.11. The normalized spacial score (nSPS) is 10.8. The summed E-state index contributed by atoms with van der Waals surface area (Å²) in [6.45, 7) is 0.426. The summed E-state index contributed by atoms with van der Waals surface area (Å²) in [6, 6.07) is 24.3. The van der Waals surface area contributed by atoms with Gasteiger partial charge in [-0.1, -0.05) is 54.6 Å². The Hall–Kier alpha value is -3.93. The number of nitrogens with zero attached hydrogens (tertiary/aromatic N) is 1. The molecule has 1 aromatic heterocycles. The molecule has 0 atom stereocenters. The zero-order valence-corrected chi connectivity index (χ0v) is 15.6. The molecule has 0 aliphatic carbocycles. The summed E-state index contributed by atoms with van der Waals surface area (Å²) < 4.78 is 1.38. The summed E-state index contributed by atoms with van der Waals surface area (Å²) in [5.41, 5.74) is 2.42. The molecule has 0 fully saturated rings. The van der Waals surface area contributed by atoms with E-state index in [1.54, 1.807) is 30.3 Å². The lowest BCUT2D eigenvalue weighted by molar-refractivity contribution is 0.0952. The number of benzene rings is 3. The van der Waals surface area contributed by atoms with Crippen LogP contribution in [0, 0.1) is 0 Å². The highest BCUT2D eigenvalue weighted by molar-refractivity contribution is 5.95. The van der Waals surface area contributed by atoms with Crippen LogP contribution in [-0.2, 0) is 6.54 Å². The van der Waals surface area contributed by atoms with E-state index in [0.717, 1.165) is 11.1 Å². The molecule has 6 heteroatoms. The van der Waals surface area contributed by atoms with Crippen LogP contribution in [0.25, 0.3) is 22.2 Å². The van der Waals surface area contributed by atoms with Gasteiger partial charge in [-0.2, -0.15) is 0 Å². The van der Waals surface area contributed by atoms with Crippen molar-refractivity contribution in [2.24, 2.45) is 0 Å². The molecule has 1 amide bonds. The second-order valence-electron chi connectivity index (χ2n) is 6.63. The van der Waals surface area contributed by atoms with Gasteiger partial charge in [-0.25, -0.2) is 0 Å². The van der Waals surface area contributed by atoms with Crippen LogP contribution in [-0.4, -0.2) is 22.0 Å². The van der Waals surface area contributed by atoms with Crippen molar-refractivity contribution in [1.29, 1.82) is 0 Å². The Morgan fingerprint density at radius 2 is 1.59 bits per heavy atom. The summed E-state index contributed by atoms with van der Waals surface area (Å²) >= 11 is 0. The van der Waals surface area contributed by atoms with E-state index in [-0.39, 0.29) is 19.0 Å². The molecule has 0 bridgehead atoms. The molecule has 2 N–H and O–H groups in total. The van der Waals surface area contributed by atoms with Gasteiger partial charge in [0.05, 0.1) is 11.0 Å². The minimum Gasteiger partial charge on any atom is -0.350 e. The molecule has 4 aromatic rings. The van der Waals surface area contributed by atoms with Crippen LogP contribution in [0.1, 0.15) is 10.4 Å². The molecule has 0 spiro atoms. The fraction of sp³-hybridized carbons (Fsp3) is 0.0870. The molecule has 144 valence electrons. The average Bonchev–Trinajstić information content (AvgIpc) is 2.77. The van der Waals surface area contributed by atoms with Crippen LogP contribution in [0.15, 0.2) is 88.5 Å². The summed E-state index contributed by atoms with van der Waals surface area (Å²) in [5.74, 6) is -0.232. The minimum absolute atomic E-state index is 0.202. The monoisotopic (exact) mass is 385 g/mol. The molecule has 3 aromatic carbocycles. The van der Waals surface area contributed by atoms with Crippen LogP contribution in [0.3, 0.4) is 0 Å². The summed E-state index contributed by atoms with van der Waals surface area (Å²) in [6.07, 6.45) is 0. The van der Waals surface area contributed by atoms with Crippen molar-refractivity contribution in [3.63, 3.8) is 0 Å². The van der Waals surface area contributed by atoms with Crippen molar-refractivity contribution in [2.75, 3.05) is 6.54 Å². The Bertz CT molecular complexity index is 1290. The van der Waals surface area contributed by atoms with Gasteiger partial charge >= 0.3 is 11.1 Å². The summed E-state index contributed by atoms with van der Waals surface area (Å²) in [5, 5.41) is 2.83. The molecule has 29 heavy (non-hydrogen) atoms. The molecule has 6 nitrogen and oxygen atoms in total. The maximum absolute atomic E-state index is 12.6. The smallest absolute Gasteiger partial charge is 0.316 e. The average molecular weight is 385 g/mol.